The molecule has 0 amide bonds. The van der Waals surface area contributed by atoms with Crippen molar-refractivity contribution in [2.45, 2.75) is 24.9 Å². The van der Waals surface area contributed by atoms with Crippen LogP contribution in [0.4, 0.5) is 32.0 Å². The first kappa shape index (κ1) is 16.1. The van der Waals surface area contributed by atoms with Crippen molar-refractivity contribution in [3.05, 3.63) is 27.7 Å². The van der Waals surface area contributed by atoms with E-state index in [4.69, 9.17) is 5.73 Å². The van der Waals surface area contributed by atoms with E-state index in [1.54, 1.807) is 0 Å². The highest BCUT2D eigenvalue weighted by Crippen LogP contribution is 2.52. The average Bonchev–Trinajstić information content (AvgIpc) is 2.18. The van der Waals surface area contributed by atoms with E-state index in [9.17, 15) is 31.4 Å². The fourth-order valence-electron chi connectivity index (χ4n) is 1.52. The molecule has 3 N–H and O–H groups in total. The Labute approximate surface area is 112 Å². The molecule has 0 aliphatic heterocycles. The smallest absolute Gasteiger partial charge is 0.397 e. The Bertz CT molecular complexity index is 482. The monoisotopic (exact) mass is 351 g/mol. The van der Waals surface area contributed by atoms with Gasteiger partial charge in [-0.15, -0.1) is 0 Å². The third-order valence-electron chi connectivity index (χ3n) is 2.48. The Morgan fingerprint density at radius 1 is 1.05 bits per heavy atom. The van der Waals surface area contributed by atoms with Gasteiger partial charge in [0.25, 0.3) is 5.60 Å². The third-order valence-corrected chi connectivity index (χ3v) is 3.14. The quantitative estimate of drug-likeness (QED) is 0.599. The van der Waals surface area contributed by atoms with Crippen LogP contribution >= 0.6 is 15.9 Å². The Morgan fingerprint density at radius 2 is 1.47 bits per heavy atom. The van der Waals surface area contributed by atoms with Crippen molar-refractivity contribution in [3.8, 4) is 0 Å². The minimum Gasteiger partial charge on any atom is -0.397 e. The summed E-state index contributed by atoms with van der Waals surface area (Å²) in [5.41, 5.74) is -1.97. The number of alkyl halides is 6. The van der Waals surface area contributed by atoms with Gasteiger partial charge in [-0.25, -0.2) is 0 Å². The highest BCUT2D eigenvalue weighted by Gasteiger charge is 2.72. The van der Waals surface area contributed by atoms with E-state index < -0.39 is 29.2 Å². The van der Waals surface area contributed by atoms with Gasteiger partial charge in [0.15, 0.2) is 0 Å². The van der Waals surface area contributed by atoms with Gasteiger partial charge < -0.3 is 10.8 Å². The number of anilines is 1. The lowest BCUT2D eigenvalue weighted by Gasteiger charge is -2.33. The van der Waals surface area contributed by atoms with E-state index in [1.165, 1.54) is 13.0 Å². The van der Waals surface area contributed by atoms with Crippen LogP contribution in [0.2, 0.25) is 0 Å². The van der Waals surface area contributed by atoms with E-state index in [2.05, 4.69) is 15.9 Å². The van der Waals surface area contributed by atoms with Gasteiger partial charge >= 0.3 is 12.4 Å². The molecule has 0 heterocycles. The first-order valence-electron chi connectivity index (χ1n) is 4.74. The van der Waals surface area contributed by atoms with Crippen molar-refractivity contribution in [2.24, 2.45) is 0 Å². The van der Waals surface area contributed by atoms with Gasteiger partial charge in [-0.2, -0.15) is 26.3 Å². The van der Waals surface area contributed by atoms with Crippen LogP contribution in [0.15, 0.2) is 16.6 Å². The second-order valence-electron chi connectivity index (χ2n) is 3.91. The molecule has 0 fully saturated rings. The van der Waals surface area contributed by atoms with Crippen LogP contribution in [-0.2, 0) is 5.60 Å². The van der Waals surface area contributed by atoms with Crippen LogP contribution in [0.3, 0.4) is 0 Å². The zero-order valence-electron chi connectivity index (χ0n) is 9.33. The Morgan fingerprint density at radius 3 is 1.84 bits per heavy atom. The maximum atomic E-state index is 12.7. The van der Waals surface area contributed by atoms with Crippen LogP contribution in [-0.4, -0.2) is 17.5 Å². The molecule has 0 aromatic heterocycles. The largest absolute Gasteiger partial charge is 0.430 e. The van der Waals surface area contributed by atoms with E-state index in [0.717, 1.165) is 0 Å². The van der Waals surface area contributed by atoms with Crippen LogP contribution in [0.25, 0.3) is 0 Å². The molecule has 9 heteroatoms. The summed E-state index contributed by atoms with van der Waals surface area (Å²) < 4.78 is 76.0. The number of nitrogen functional groups attached to an aromatic ring is 1. The van der Waals surface area contributed by atoms with Gasteiger partial charge in [0.1, 0.15) is 0 Å². The van der Waals surface area contributed by atoms with E-state index >= 15 is 0 Å². The number of aryl methyl sites for hydroxylation is 1. The summed E-state index contributed by atoms with van der Waals surface area (Å²) in [6.07, 6.45) is -11.9. The number of nitrogens with two attached hydrogens (primary N) is 1. The first-order valence-corrected chi connectivity index (χ1v) is 5.53. The maximum absolute atomic E-state index is 12.7. The molecule has 1 aromatic carbocycles. The van der Waals surface area contributed by atoms with Crippen LogP contribution in [0.5, 0.6) is 0 Å². The van der Waals surface area contributed by atoms with Crippen molar-refractivity contribution in [1.29, 1.82) is 0 Å². The normalized spacial score (nSPS) is 13.7. The number of aliphatic hydroxyl groups is 1. The second kappa shape index (κ2) is 4.55. The summed E-state index contributed by atoms with van der Waals surface area (Å²) in [5.74, 6) is 0. The van der Waals surface area contributed by atoms with Crippen LogP contribution < -0.4 is 5.73 Å². The van der Waals surface area contributed by atoms with E-state index in [0.29, 0.717) is 6.07 Å². The summed E-state index contributed by atoms with van der Waals surface area (Å²) in [5, 5.41) is 9.23. The minimum absolute atomic E-state index is 0.0861. The van der Waals surface area contributed by atoms with Crippen molar-refractivity contribution in [3.63, 3.8) is 0 Å². The number of hydrogen-bond donors (Lipinski definition) is 2. The summed E-state index contributed by atoms with van der Waals surface area (Å²) in [4.78, 5) is 0. The fourth-order valence-corrected chi connectivity index (χ4v) is 2.09. The molecule has 0 unspecified atom stereocenters. The molecular weight excluding hydrogens is 344 g/mol. The highest BCUT2D eigenvalue weighted by molar-refractivity contribution is 9.10. The zero-order chi connectivity index (χ0) is 15.2. The Balaban J connectivity index is 3.71. The molecule has 0 spiro atoms. The Hall–Kier alpha value is -0.960. The predicted molar refractivity (Wildman–Crippen MR) is 59.3 cm³/mol. The van der Waals surface area contributed by atoms with Crippen molar-refractivity contribution in [2.75, 3.05) is 5.73 Å². The van der Waals surface area contributed by atoms with E-state index in [1.807, 2.05) is 0 Å². The molecule has 0 aliphatic carbocycles. The molecule has 19 heavy (non-hydrogen) atoms. The molecule has 0 saturated carbocycles. The van der Waals surface area contributed by atoms with Crippen LogP contribution in [0, 0.1) is 6.92 Å². The number of hydrogen-bond acceptors (Lipinski definition) is 2. The first-order chi connectivity index (χ1) is 8.32. The second-order valence-corrected chi connectivity index (χ2v) is 4.77. The van der Waals surface area contributed by atoms with Gasteiger partial charge in [0.2, 0.25) is 0 Å². The third kappa shape index (κ3) is 2.53. The number of benzene rings is 1. The zero-order valence-corrected chi connectivity index (χ0v) is 10.9. The SMILES string of the molecule is Cc1cc(Br)c(N)c(C(O)(C(F)(F)F)C(F)(F)F)c1. The lowest BCUT2D eigenvalue weighted by molar-refractivity contribution is -0.376. The summed E-state index contributed by atoms with van der Waals surface area (Å²) >= 11 is 2.75. The number of halogens is 7. The molecule has 1 rings (SSSR count). The molecule has 0 atom stereocenters. The summed E-state index contributed by atoms with van der Waals surface area (Å²) in [6.45, 7) is 1.28. The molecule has 1 aromatic rings. The molecular formula is C10H8BrF6NO. The molecule has 0 saturated heterocycles. The van der Waals surface area contributed by atoms with Gasteiger partial charge in [-0.1, -0.05) is 6.07 Å². The van der Waals surface area contributed by atoms with Crippen molar-refractivity contribution < 1.29 is 31.4 Å². The average molecular weight is 352 g/mol. The number of rotatable bonds is 1. The van der Waals surface area contributed by atoms with Gasteiger partial charge in [-0.3, -0.25) is 0 Å². The van der Waals surface area contributed by atoms with Gasteiger partial charge in [0.05, 0.1) is 5.69 Å². The van der Waals surface area contributed by atoms with Crippen molar-refractivity contribution >= 4 is 21.6 Å². The molecule has 2 nitrogen and oxygen atoms in total. The molecule has 0 radical (unpaired) electrons. The molecule has 108 valence electrons. The standard InChI is InChI=1S/C10H8BrF6NO/c1-4-2-5(7(18)6(11)3-4)8(19,9(12,13)14)10(15,16)17/h2-3,19H,18H2,1H3. The lowest BCUT2D eigenvalue weighted by Crippen LogP contribution is -2.54. The topological polar surface area (TPSA) is 46.2 Å². The summed E-state index contributed by atoms with van der Waals surface area (Å²) in [7, 11) is 0. The fraction of sp³-hybridized carbons (Fsp3) is 0.400. The van der Waals surface area contributed by atoms with Gasteiger partial charge in [0, 0.05) is 10.0 Å². The van der Waals surface area contributed by atoms with E-state index in [-0.39, 0.29) is 10.0 Å². The van der Waals surface area contributed by atoms with Crippen LogP contribution in [0.1, 0.15) is 11.1 Å². The van der Waals surface area contributed by atoms with Crippen molar-refractivity contribution in [1.82, 2.24) is 0 Å². The summed E-state index contributed by atoms with van der Waals surface area (Å²) in [6, 6.07) is 1.80. The molecule has 0 aliphatic rings. The highest BCUT2D eigenvalue weighted by atomic mass is 79.9. The maximum Gasteiger partial charge on any atom is 0.430 e. The lowest BCUT2D eigenvalue weighted by atomic mass is 9.89. The minimum atomic E-state index is -5.95. The Kier molecular flexibility index (Phi) is 3.85. The predicted octanol–water partition coefficient (Wildman–Crippen LogP) is 3.65. The van der Waals surface area contributed by atoms with Gasteiger partial charge in [-0.05, 0) is 34.5 Å². The molecule has 0 bridgehead atoms.